The van der Waals surface area contributed by atoms with Crippen LogP contribution in [0, 0.1) is 39.9 Å². The van der Waals surface area contributed by atoms with Gasteiger partial charge >= 0.3 is 39.9 Å². The first kappa shape index (κ1) is 61.2. The van der Waals surface area contributed by atoms with Gasteiger partial charge in [-0.05, 0) is 112 Å². The van der Waals surface area contributed by atoms with Crippen LogP contribution in [0.3, 0.4) is 0 Å². The van der Waals surface area contributed by atoms with Crippen molar-refractivity contribution in [2.45, 2.75) is 131 Å². The molecule has 2 N–H and O–H groups in total. The second-order valence-electron chi connectivity index (χ2n) is 17.5. The van der Waals surface area contributed by atoms with Gasteiger partial charge in [-0.25, -0.2) is 0 Å². The molecule has 0 unspecified atom stereocenters. The minimum absolute atomic E-state index is 0. The van der Waals surface area contributed by atoms with Crippen LogP contribution in [0.5, 0.6) is 0 Å². The molecule has 14 nitrogen and oxygen atoms in total. The molecule has 0 bridgehead atoms. The van der Waals surface area contributed by atoms with E-state index in [4.69, 9.17) is 0 Å². The summed E-state index contributed by atoms with van der Waals surface area (Å²) in [6.45, 7) is 15.4. The average molecular weight is 1040 g/mol. The third-order valence-electron chi connectivity index (χ3n) is 11.2. The number of carbonyl (C=O) groups excluding carboxylic acids is 5. The number of aliphatic carboxylic acids is 3. The molecule has 0 aromatic heterocycles. The molecule has 0 atom stereocenters. The van der Waals surface area contributed by atoms with Crippen LogP contribution >= 0.6 is 0 Å². The standard InChI is InChI=1S/C49H84N6O8.Gd/c1-40(2)16-13-19-43(5)22-14-20-41(3)17-9-10-18-42(4)21-15-23-44(6)24-25-45(56)50-26-11-7-8-12-27-51-46(57)36-52-28-30-53(37-47(58)59)32-34-55(39-49(62)63)35-33-54(31-29-52)38-48(60)61;/h16-18,22-23H,7-15,19-21,24-39H2,1-6H3,(H,50,56)(H,51,57)(H,58,59)(H,60,61)(H,62,63);/q;+3/p-3/b41-17+,42-18+,43-22+,44-23+;. The minimum Gasteiger partial charge on any atom is -0.549 e. The molecule has 1 radical (unpaired) electrons. The Morgan fingerprint density at radius 1 is 0.406 bits per heavy atom. The molecule has 1 fully saturated rings. The molecule has 64 heavy (non-hydrogen) atoms. The van der Waals surface area contributed by atoms with E-state index in [0.717, 1.165) is 83.5 Å². The van der Waals surface area contributed by atoms with E-state index in [1.54, 1.807) is 14.7 Å². The molecule has 1 heterocycles. The van der Waals surface area contributed by atoms with Gasteiger partial charge in [-0.1, -0.05) is 71.1 Å². The molecule has 1 rings (SSSR count). The van der Waals surface area contributed by atoms with E-state index < -0.39 is 17.9 Å². The molecule has 15 heteroatoms. The molecule has 0 spiro atoms. The van der Waals surface area contributed by atoms with Gasteiger partial charge in [0.15, 0.2) is 0 Å². The molecule has 1 saturated heterocycles. The quantitative estimate of drug-likeness (QED) is 0.0792. The van der Waals surface area contributed by atoms with Gasteiger partial charge in [-0.2, -0.15) is 0 Å². The first-order valence-electron chi connectivity index (χ1n) is 23.3. The largest absolute Gasteiger partial charge is 3.00 e. The Morgan fingerprint density at radius 2 is 0.719 bits per heavy atom. The Balaban J connectivity index is 0.0000397. The topological polar surface area (TPSA) is 192 Å². The number of allylic oxidation sites excluding steroid dienone is 10. The monoisotopic (exact) mass is 1040 g/mol. The Morgan fingerprint density at radius 3 is 1.08 bits per heavy atom. The summed E-state index contributed by atoms with van der Waals surface area (Å²) in [6, 6.07) is 0. The van der Waals surface area contributed by atoms with Gasteiger partial charge in [0.1, 0.15) is 0 Å². The fourth-order valence-corrected chi connectivity index (χ4v) is 7.22. The molecule has 2 amide bonds. The van der Waals surface area contributed by atoms with Gasteiger partial charge in [-0.15, -0.1) is 0 Å². The van der Waals surface area contributed by atoms with Crippen molar-refractivity contribution in [1.82, 2.24) is 30.2 Å². The first-order chi connectivity index (χ1) is 30.0. The SMILES string of the molecule is CC(C)=CCC/C(C)=C/CC/C(C)=C/CC/C=C(\C)CC/C=C(\C)CCC(=O)NCCCCCCNC(=O)CN1CCN(CC(=O)[O-])CCN(CC(=O)[O-])CCN(CC(=O)[O-])CC1.[Gd+3]. The Bertz CT molecular complexity index is 1510. The summed E-state index contributed by atoms with van der Waals surface area (Å²) in [5.74, 6) is -3.93. The van der Waals surface area contributed by atoms with E-state index >= 15 is 0 Å². The predicted molar refractivity (Wildman–Crippen MR) is 246 cm³/mol. The van der Waals surface area contributed by atoms with Gasteiger partial charge in [0.25, 0.3) is 0 Å². The summed E-state index contributed by atoms with van der Waals surface area (Å²) in [4.78, 5) is 66.1. The minimum atomic E-state index is -1.28. The van der Waals surface area contributed by atoms with E-state index in [-0.39, 0.29) is 104 Å². The predicted octanol–water partition coefficient (Wildman–Crippen LogP) is 2.90. The van der Waals surface area contributed by atoms with Crippen molar-refractivity contribution in [3.63, 3.8) is 0 Å². The normalized spacial score (nSPS) is 16.0. The second kappa shape index (κ2) is 38.3. The molecular weight excluding hydrogens is 958 g/mol. The van der Waals surface area contributed by atoms with E-state index in [1.807, 2.05) is 4.90 Å². The molecule has 1 aliphatic heterocycles. The molecule has 363 valence electrons. The van der Waals surface area contributed by atoms with Gasteiger partial charge in [0.05, 0.1) is 24.5 Å². The summed E-state index contributed by atoms with van der Waals surface area (Å²) >= 11 is 0. The van der Waals surface area contributed by atoms with Crippen molar-refractivity contribution in [2.24, 2.45) is 0 Å². The van der Waals surface area contributed by atoms with Crippen LogP contribution in [-0.4, -0.2) is 141 Å². The van der Waals surface area contributed by atoms with Crippen molar-refractivity contribution in [3.8, 4) is 0 Å². The summed E-state index contributed by atoms with van der Waals surface area (Å²) in [5, 5.41) is 40.0. The number of rotatable bonds is 30. The van der Waals surface area contributed by atoms with Crippen molar-refractivity contribution >= 4 is 29.7 Å². The Labute approximate surface area is 417 Å². The van der Waals surface area contributed by atoms with Crippen molar-refractivity contribution in [2.75, 3.05) is 91.6 Å². The maximum absolute atomic E-state index is 12.9. The fraction of sp³-hybridized carbons (Fsp3) is 0.694. The third-order valence-corrected chi connectivity index (χ3v) is 11.2. The number of nitrogens with zero attached hydrogens (tertiary/aromatic N) is 4. The zero-order chi connectivity index (χ0) is 46.8. The van der Waals surface area contributed by atoms with Gasteiger partial charge in [-0.3, -0.25) is 29.2 Å². The Hall–Kier alpha value is -2.79. The number of unbranched alkanes of at least 4 members (excludes halogenated alkanes) is 4. The summed E-state index contributed by atoms with van der Waals surface area (Å²) in [6.07, 6.45) is 25.0. The summed E-state index contributed by atoms with van der Waals surface area (Å²) in [5.41, 5.74) is 6.98. The number of hydrogen-bond acceptors (Lipinski definition) is 12. The van der Waals surface area contributed by atoms with Crippen LogP contribution in [0.25, 0.3) is 0 Å². The molecular formula is C49H81GdN6O8. The van der Waals surface area contributed by atoms with Crippen LogP contribution in [0.4, 0.5) is 0 Å². The van der Waals surface area contributed by atoms with E-state index in [9.17, 15) is 39.3 Å². The van der Waals surface area contributed by atoms with E-state index in [0.29, 0.717) is 45.7 Å². The first-order valence-corrected chi connectivity index (χ1v) is 23.3. The number of carboxylic acid groups (broad SMARTS) is 3. The zero-order valence-corrected chi connectivity index (χ0v) is 42.4. The van der Waals surface area contributed by atoms with Crippen LogP contribution in [0.2, 0.25) is 0 Å². The number of nitrogens with one attached hydrogen (secondary N) is 2. The maximum Gasteiger partial charge on any atom is 3.00 e. The van der Waals surface area contributed by atoms with Crippen LogP contribution in [0.15, 0.2) is 58.2 Å². The van der Waals surface area contributed by atoms with E-state index in [1.165, 1.54) is 27.9 Å². The maximum atomic E-state index is 12.9. The van der Waals surface area contributed by atoms with Crippen molar-refractivity contribution in [3.05, 3.63) is 58.2 Å². The fourth-order valence-electron chi connectivity index (χ4n) is 7.22. The van der Waals surface area contributed by atoms with Crippen LogP contribution < -0.4 is 26.0 Å². The summed E-state index contributed by atoms with van der Waals surface area (Å²) in [7, 11) is 0. The Kier molecular flexibility index (Phi) is 36.7. The average Bonchev–Trinajstić information content (AvgIpc) is 3.20. The molecule has 0 aliphatic carbocycles. The molecule has 0 aromatic rings. The molecule has 0 aromatic carbocycles. The van der Waals surface area contributed by atoms with Gasteiger partial charge in [0, 0.05) is 91.5 Å². The van der Waals surface area contributed by atoms with Crippen LogP contribution in [0.1, 0.15) is 131 Å². The third kappa shape index (κ3) is 36.4. The summed E-state index contributed by atoms with van der Waals surface area (Å²) < 4.78 is 0. The van der Waals surface area contributed by atoms with Crippen molar-refractivity contribution < 1.29 is 79.2 Å². The van der Waals surface area contributed by atoms with E-state index in [2.05, 4.69) is 82.6 Å². The second-order valence-corrected chi connectivity index (χ2v) is 17.5. The van der Waals surface area contributed by atoms with Gasteiger partial charge < -0.3 is 40.3 Å². The van der Waals surface area contributed by atoms with Crippen LogP contribution in [-0.2, 0) is 24.0 Å². The zero-order valence-electron chi connectivity index (χ0n) is 40.1. The number of amides is 2. The number of carboxylic acids is 3. The number of carbonyl (C=O) groups is 5. The smallest absolute Gasteiger partial charge is 0.549 e. The van der Waals surface area contributed by atoms with Gasteiger partial charge in [0.2, 0.25) is 11.8 Å². The molecule has 1 aliphatic rings. The number of hydrogen-bond donors (Lipinski definition) is 2. The molecule has 0 saturated carbocycles. The van der Waals surface area contributed by atoms with Crippen molar-refractivity contribution in [1.29, 1.82) is 0 Å².